The molecule has 1 saturated carbocycles. The highest BCUT2D eigenvalue weighted by atomic mass is 16.5. The van der Waals surface area contributed by atoms with Gasteiger partial charge in [0.15, 0.2) is 0 Å². The molecule has 1 aliphatic carbocycles. The van der Waals surface area contributed by atoms with Gasteiger partial charge in [-0.2, -0.15) is 10.2 Å². The SMILES string of the molecule is COC(=O)C1=CN(CCCCC(N)C(=O)O)C=C2C(COC(=O)c3ccc(N=Nc4ccccc4)cc3)CCC12. The molecule has 0 bridgehead atoms. The third-order valence-corrected chi connectivity index (χ3v) is 7.15. The predicted molar refractivity (Wildman–Crippen MR) is 148 cm³/mol. The van der Waals surface area contributed by atoms with E-state index in [9.17, 15) is 14.4 Å². The molecule has 0 radical (unpaired) electrons. The summed E-state index contributed by atoms with van der Waals surface area (Å²) in [4.78, 5) is 38.2. The molecule has 0 saturated heterocycles. The summed E-state index contributed by atoms with van der Waals surface area (Å²) in [7, 11) is 1.36. The van der Waals surface area contributed by atoms with E-state index in [0.29, 0.717) is 42.6 Å². The second-order valence-electron chi connectivity index (χ2n) is 9.89. The molecule has 210 valence electrons. The Balaban J connectivity index is 1.35. The van der Waals surface area contributed by atoms with E-state index >= 15 is 0 Å². The average Bonchev–Trinajstić information content (AvgIpc) is 3.39. The summed E-state index contributed by atoms with van der Waals surface area (Å²) in [5.41, 5.74) is 9.00. The van der Waals surface area contributed by atoms with Crippen LogP contribution in [0.2, 0.25) is 0 Å². The number of carbonyl (C=O) groups is 3. The van der Waals surface area contributed by atoms with Crippen LogP contribution in [0.15, 0.2) is 88.4 Å². The van der Waals surface area contributed by atoms with Crippen molar-refractivity contribution in [1.82, 2.24) is 4.90 Å². The van der Waals surface area contributed by atoms with Crippen molar-refractivity contribution in [2.45, 2.75) is 38.1 Å². The van der Waals surface area contributed by atoms with E-state index in [-0.39, 0.29) is 24.4 Å². The third-order valence-electron chi connectivity index (χ3n) is 7.15. The molecule has 0 aromatic heterocycles. The van der Waals surface area contributed by atoms with Gasteiger partial charge in [0.2, 0.25) is 0 Å². The standard InChI is InChI=1S/C30H34N4O6/c1-39-30(38)26-18-34(16-6-5-9-27(31)28(35)36)17-25-21(12-15-24(25)26)19-40-29(37)20-10-13-23(14-11-20)33-32-22-7-3-2-4-8-22/h2-4,7-8,10-11,13-14,17-18,21,24,27H,5-6,9,12,15-16,19,31H2,1H3,(H,35,36). The predicted octanol–water partition coefficient (Wildman–Crippen LogP) is 5.12. The molecule has 10 nitrogen and oxygen atoms in total. The Hall–Kier alpha value is -4.31. The molecule has 1 heterocycles. The number of nitrogens with two attached hydrogens (primary N) is 1. The summed E-state index contributed by atoms with van der Waals surface area (Å²) < 4.78 is 10.7. The largest absolute Gasteiger partial charge is 0.480 e. The lowest BCUT2D eigenvalue weighted by molar-refractivity contribution is -0.139. The number of fused-ring (bicyclic) bond motifs is 1. The highest BCUT2D eigenvalue weighted by molar-refractivity contribution is 5.90. The summed E-state index contributed by atoms with van der Waals surface area (Å²) in [6.07, 6.45) is 7.10. The molecule has 0 amide bonds. The number of hydrogen-bond donors (Lipinski definition) is 2. The average molecular weight is 547 g/mol. The molecule has 40 heavy (non-hydrogen) atoms. The Morgan fingerprint density at radius 2 is 1.68 bits per heavy atom. The molecule has 3 N–H and O–H groups in total. The zero-order valence-corrected chi connectivity index (χ0v) is 22.4. The van der Waals surface area contributed by atoms with E-state index in [4.69, 9.17) is 20.3 Å². The normalized spacial score (nSPS) is 19.0. The van der Waals surface area contributed by atoms with E-state index in [1.165, 1.54) is 7.11 Å². The van der Waals surface area contributed by atoms with E-state index in [0.717, 1.165) is 24.1 Å². The van der Waals surface area contributed by atoms with Crippen LogP contribution in [0.1, 0.15) is 42.5 Å². The third kappa shape index (κ3) is 7.41. The molecule has 4 rings (SSSR count). The van der Waals surface area contributed by atoms with Crippen LogP contribution in [0, 0.1) is 11.8 Å². The Bertz CT molecular complexity index is 1290. The summed E-state index contributed by atoms with van der Waals surface area (Å²) in [5, 5.41) is 17.3. The van der Waals surface area contributed by atoms with Crippen molar-refractivity contribution in [2.24, 2.45) is 27.8 Å². The molecule has 10 heteroatoms. The maximum absolute atomic E-state index is 12.8. The number of hydrogen-bond acceptors (Lipinski definition) is 9. The van der Waals surface area contributed by atoms with Crippen molar-refractivity contribution in [3.63, 3.8) is 0 Å². The minimum absolute atomic E-state index is 0.0239. The van der Waals surface area contributed by atoms with Crippen LogP contribution in [0.4, 0.5) is 11.4 Å². The Morgan fingerprint density at radius 1 is 0.975 bits per heavy atom. The van der Waals surface area contributed by atoms with Gasteiger partial charge in [-0.3, -0.25) is 4.79 Å². The minimum atomic E-state index is -1.01. The van der Waals surface area contributed by atoms with E-state index in [1.54, 1.807) is 24.3 Å². The molecule has 3 unspecified atom stereocenters. The number of azo groups is 1. The van der Waals surface area contributed by atoms with Crippen LogP contribution < -0.4 is 5.73 Å². The van der Waals surface area contributed by atoms with E-state index in [1.807, 2.05) is 47.6 Å². The smallest absolute Gasteiger partial charge is 0.338 e. The summed E-state index contributed by atoms with van der Waals surface area (Å²) in [6, 6.07) is 15.3. The maximum Gasteiger partial charge on any atom is 0.338 e. The monoisotopic (exact) mass is 546 g/mol. The van der Waals surface area contributed by atoms with Crippen LogP contribution in [0.25, 0.3) is 0 Å². The van der Waals surface area contributed by atoms with Gasteiger partial charge in [-0.1, -0.05) is 18.2 Å². The van der Waals surface area contributed by atoms with Crippen molar-refractivity contribution < 1.29 is 29.0 Å². The minimum Gasteiger partial charge on any atom is -0.480 e. The first-order valence-electron chi connectivity index (χ1n) is 13.4. The first-order chi connectivity index (χ1) is 19.4. The van der Waals surface area contributed by atoms with Crippen molar-refractivity contribution in [1.29, 1.82) is 0 Å². The van der Waals surface area contributed by atoms with Gasteiger partial charge in [0.1, 0.15) is 6.04 Å². The highest BCUT2D eigenvalue weighted by Gasteiger charge is 2.39. The zero-order chi connectivity index (χ0) is 28.5. The van der Waals surface area contributed by atoms with Gasteiger partial charge in [0.25, 0.3) is 0 Å². The number of carboxylic acids is 1. The van der Waals surface area contributed by atoms with Gasteiger partial charge in [0, 0.05) is 30.8 Å². The molecular formula is C30H34N4O6. The number of carbonyl (C=O) groups excluding carboxylic acids is 2. The molecule has 2 aromatic carbocycles. The summed E-state index contributed by atoms with van der Waals surface area (Å²) in [6.45, 7) is 0.802. The van der Waals surface area contributed by atoms with Gasteiger partial charge < -0.3 is 25.2 Å². The Labute approximate surface area is 233 Å². The lowest BCUT2D eigenvalue weighted by Crippen LogP contribution is -2.30. The van der Waals surface area contributed by atoms with E-state index in [2.05, 4.69) is 10.2 Å². The van der Waals surface area contributed by atoms with Crippen LogP contribution in [0.5, 0.6) is 0 Å². The van der Waals surface area contributed by atoms with Gasteiger partial charge in [-0.15, -0.1) is 0 Å². The summed E-state index contributed by atoms with van der Waals surface area (Å²) >= 11 is 0. The van der Waals surface area contributed by atoms with Crippen molar-refractivity contribution in [3.05, 3.63) is 83.7 Å². The first kappa shape index (κ1) is 28.7. The fourth-order valence-electron chi connectivity index (χ4n) is 4.95. The van der Waals surface area contributed by atoms with Crippen LogP contribution in [-0.4, -0.2) is 54.2 Å². The fraction of sp³-hybridized carbons (Fsp3) is 0.367. The molecule has 0 spiro atoms. The highest BCUT2D eigenvalue weighted by Crippen LogP contribution is 2.44. The number of ether oxygens (including phenoxy) is 2. The number of esters is 2. The number of unbranched alkanes of at least 4 members (excludes halogenated alkanes) is 1. The Kier molecular flexibility index (Phi) is 9.80. The van der Waals surface area contributed by atoms with Crippen molar-refractivity contribution in [3.8, 4) is 0 Å². The van der Waals surface area contributed by atoms with Crippen LogP contribution in [-0.2, 0) is 19.1 Å². The zero-order valence-electron chi connectivity index (χ0n) is 22.4. The van der Waals surface area contributed by atoms with Crippen LogP contribution in [0.3, 0.4) is 0 Å². The molecule has 2 aliphatic rings. The lowest BCUT2D eigenvalue weighted by atomic mass is 9.89. The van der Waals surface area contributed by atoms with Crippen molar-refractivity contribution >= 4 is 29.3 Å². The van der Waals surface area contributed by atoms with Crippen LogP contribution >= 0.6 is 0 Å². The number of benzene rings is 2. The molecule has 1 fully saturated rings. The second-order valence-corrected chi connectivity index (χ2v) is 9.89. The van der Waals surface area contributed by atoms with E-state index < -0.39 is 18.0 Å². The summed E-state index contributed by atoms with van der Waals surface area (Å²) in [5.74, 6) is -1.92. The molecule has 1 aliphatic heterocycles. The van der Waals surface area contributed by atoms with Gasteiger partial charge >= 0.3 is 17.9 Å². The quantitative estimate of drug-likeness (QED) is 0.212. The lowest BCUT2D eigenvalue weighted by Gasteiger charge is -2.29. The number of rotatable bonds is 12. The molecular weight excluding hydrogens is 512 g/mol. The van der Waals surface area contributed by atoms with Gasteiger partial charge in [-0.25, -0.2) is 9.59 Å². The first-order valence-corrected chi connectivity index (χ1v) is 13.4. The molecule has 2 aromatic rings. The Morgan fingerprint density at radius 3 is 2.35 bits per heavy atom. The number of nitrogens with zero attached hydrogens (tertiary/aromatic N) is 3. The molecule has 3 atom stereocenters. The van der Waals surface area contributed by atoms with Gasteiger partial charge in [0.05, 0.1) is 36.2 Å². The number of aliphatic carboxylic acids is 1. The maximum atomic E-state index is 12.8. The fourth-order valence-corrected chi connectivity index (χ4v) is 4.95. The van der Waals surface area contributed by atoms with Gasteiger partial charge in [-0.05, 0) is 74.1 Å². The number of carboxylic acid groups (broad SMARTS) is 1. The number of methoxy groups -OCH3 is 1. The topological polar surface area (TPSA) is 144 Å². The second kappa shape index (κ2) is 13.7. The van der Waals surface area contributed by atoms with Crippen molar-refractivity contribution in [2.75, 3.05) is 20.3 Å².